The molecule has 0 fully saturated rings. The molecule has 7 nitrogen and oxygen atoms in total. The first-order valence-corrected chi connectivity index (χ1v) is 9.62. The zero-order valence-electron chi connectivity index (χ0n) is 14.8. The van der Waals surface area contributed by atoms with Crippen LogP contribution in [-0.2, 0) is 0 Å². The average Bonchev–Trinajstić information content (AvgIpc) is 3.39. The molecule has 134 valence electrons. The van der Waals surface area contributed by atoms with Crippen LogP contribution in [0.5, 0.6) is 0 Å². The lowest BCUT2D eigenvalue weighted by Crippen LogP contribution is -1.96. The van der Waals surface area contributed by atoms with E-state index in [4.69, 9.17) is 10.1 Å². The highest BCUT2D eigenvalue weighted by Gasteiger charge is 2.20. The number of fused-ring (bicyclic) bond motifs is 3. The van der Waals surface area contributed by atoms with Gasteiger partial charge in [-0.2, -0.15) is 9.61 Å². The molecule has 0 amide bonds. The van der Waals surface area contributed by atoms with Gasteiger partial charge in [0.05, 0.1) is 11.2 Å². The van der Waals surface area contributed by atoms with Crippen LogP contribution in [0.25, 0.3) is 43.7 Å². The summed E-state index contributed by atoms with van der Waals surface area (Å²) < 4.78 is 3.79. The first-order valence-electron chi connectivity index (χ1n) is 8.80. The SMILES string of the molecule is Cc1nc2ccccn2c1-c1nnc2sc(-c3ccc4ccccc4n3)nn12. The summed E-state index contributed by atoms with van der Waals surface area (Å²) in [5.41, 5.74) is 4.43. The molecule has 1 aromatic carbocycles. The number of nitrogens with zero attached hydrogens (tertiary/aromatic N) is 7. The molecule has 6 rings (SSSR count). The summed E-state index contributed by atoms with van der Waals surface area (Å²) in [5, 5.41) is 15.4. The minimum atomic E-state index is 0.675. The first-order chi connectivity index (χ1) is 13.8. The van der Waals surface area contributed by atoms with Crippen molar-refractivity contribution < 1.29 is 0 Å². The lowest BCUT2D eigenvalue weighted by atomic mass is 10.2. The van der Waals surface area contributed by atoms with E-state index in [-0.39, 0.29) is 0 Å². The highest BCUT2D eigenvalue weighted by atomic mass is 32.1. The van der Waals surface area contributed by atoms with E-state index in [2.05, 4.69) is 27.3 Å². The van der Waals surface area contributed by atoms with E-state index in [1.807, 2.05) is 60.0 Å². The van der Waals surface area contributed by atoms with Crippen LogP contribution in [0, 0.1) is 6.92 Å². The quantitative estimate of drug-likeness (QED) is 0.451. The summed E-state index contributed by atoms with van der Waals surface area (Å²) in [6.45, 7) is 1.97. The van der Waals surface area contributed by atoms with Gasteiger partial charge >= 0.3 is 0 Å². The Hall–Kier alpha value is -3.65. The van der Waals surface area contributed by atoms with Gasteiger partial charge in [-0.15, -0.1) is 10.2 Å². The second-order valence-corrected chi connectivity index (χ2v) is 7.45. The van der Waals surface area contributed by atoms with Crippen molar-refractivity contribution in [3.05, 3.63) is 66.5 Å². The predicted molar refractivity (Wildman–Crippen MR) is 108 cm³/mol. The molecular formula is C20H13N7S. The molecule has 8 heteroatoms. The Labute approximate surface area is 163 Å². The van der Waals surface area contributed by atoms with Crippen LogP contribution in [0.3, 0.4) is 0 Å². The van der Waals surface area contributed by atoms with Gasteiger partial charge in [0.1, 0.15) is 17.0 Å². The van der Waals surface area contributed by atoms with Gasteiger partial charge in [-0.25, -0.2) is 9.97 Å². The minimum Gasteiger partial charge on any atom is -0.297 e. The highest BCUT2D eigenvalue weighted by molar-refractivity contribution is 7.19. The summed E-state index contributed by atoms with van der Waals surface area (Å²) in [7, 11) is 0. The number of para-hydroxylation sites is 1. The number of benzene rings is 1. The molecule has 0 bridgehead atoms. The number of imidazole rings is 1. The third kappa shape index (κ3) is 2.18. The number of rotatable bonds is 2. The molecule has 0 aliphatic rings. The van der Waals surface area contributed by atoms with Crippen molar-refractivity contribution in [1.82, 2.24) is 34.2 Å². The molecule has 6 aromatic rings. The van der Waals surface area contributed by atoms with Crippen LogP contribution in [0.2, 0.25) is 0 Å². The van der Waals surface area contributed by atoms with Crippen molar-refractivity contribution in [2.24, 2.45) is 0 Å². The van der Waals surface area contributed by atoms with Gasteiger partial charge in [0, 0.05) is 11.6 Å². The molecule has 0 aliphatic carbocycles. The average molecular weight is 383 g/mol. The van der Waals surface area contributed by atoms with Crippen molar-refractivity contribution in [3.63, 3.8) is 0 Å². The summed E-state index contributed by atoms with van der Waals surface area (Å²) >= 11 is 1.47. The summed E-state index contributed by atoms with van der Waals surface area (Å²) in [6, 6.07) is 18.0. The predicted octanol–water partition coefficient (Wildman–Crippen LogP) is 4.02. The molecule has 28 heavy (non-hydrogen) atoms. The lowest BCUT2D eigenvalue weighted by Gasteiger charge is -2.00. The summed E-state index contributed by atoms with van der Waals surface area (Å²) in [6.07, 6.45) is 1.98. The monoisotopic (exact) mass is 383 g/mol. The van der Waals surface area contributed by atoms with E-state index in [0.717, 1.165) is 43.6 Å². The Kier molecular flexibility index (Phi) is 3.12. The molecular weight excluding hydrogens is 370 g/mol. The van der Waals surface area contributed by atoms with Gasteiger partial charge in [-0.1, -0.05) is 41.7 Å². The van der Waals surface area contributed by atoms with E-state index in [0.29, 0.717) is 5.82 Å². The van der Waals surface area contributed by atoms with E-state index in [9.17, 15) is 0 Å². The van der Waals surface area contributed by atoms with Crippen molar-refractivity contribution in [3.8, 4) is 22.2 Å². The number of pyridine rings is 2. The van der Waals surface area contributed by atoms with Crippen molar-refractivity contribution in [2.45, 2.75) is 6.92 Å². The molecule has 0 radical (unpaired) electrons. The number of aryl methyl sites for hydroxylation is 1. The van der Waals surface area contributed by atoms with Crippen LogP contribution < -0.4 is 0 Å². The Bertz CT molecular complexity index is 1490. The first kappa shape index (κ1) is 15.4. The zero-order chi connectivity index (χ0) is 18.7. The molecule has 0 atom stereocenters. The molecule has 0 saturated heterocycles. The molecule has 0 spiro atoms. The Morgan fingerprint density at radius 3 is 2.75 bits per heavy atom. The van der Waals surface area contributed by atoms with Gasteiger partial charge in [0.2, 0.25) is 10.8 Å². The fourth-order valence-corrected chi connectivity index (χ4v) is 4.25. The van der Waals surface area contributed by atoms with Gasteiger partial charge < -0.3 is 0 Å². The van der Waals surface area contributed by atoms with Crippen molar-refractivity contribution >= 4 is 32.8 Å². The van der Waals surface area contributed by atoms with Crippen LogP contribution >= 0.6 is 11.3 Å². The lowest BCUT2D eigenvalue weighted by molar-refractivity contribution is 0.952. The fourth-order valence-electron chi connectivity index (χ4n) is 3.44. The maximum absolute atomic E-state index is 4.76. The van der Waals surface area contributed by atoms with E-state index in [1.165, 1.54) is 11.3 Å². The molecule has 5 heterocycles. The number of hydrogen-bond donors (Lipinski definition) is 0. The van der Waals surface area contributed by atoms with Gasteiger partial charge in [-0.3, -0.25) is 4.40 Å². The van der Waals surface area contributed by atoms with Crippen molar-refractivity contribution in [2.75, 3.05) is 0 Å². The van der Waals surface area contributed by atoms with E-state index in [1.54, 1.807) is 4.52 Å². The standard InChI is InChI=1S/C20H13N7S/c1-12-17(26-11-5-4-8-16(26)21-12)18-23-24-20-27(18)25-19(28-20)15-10-9-13-6-2-3-7-14(13)22-15/h2-11H,1H3. The summed E-state index contributed by atoms with van der Waals surface area (Å²) in [5.74, 6) is 0.675. The van der Waals surface area contributed by atoms with Crippen LogP contribution in [-0.4, -0.2) is 34.2 Å². The third-order valence-electron chi connectivity index (χ3n) is 4.72. The zero-order valence-corrected chi connectivity index (χ0v) is 15.6. The van der Waals surface area contributed by atoms with Gasteiger partial charge in [0.15, 0.2) is 5.01 Å². The van der Waals surface area contributed by atoms with Gasteiger partial charge in [-0.05, 0) is 31.2 Å². The maximum Gasteiger partial charge on any atom is 0.235 e. The second kappa shape index (κ2) is 5.67. The Balaban J connectivity index is 1.54. The third-order valence-corrected chi connectivity index (χ3v) is 5.65. The van der Waals surface area contributed by atoms with Crippen LogP contribution in [0.15, 0.2) is 60.8 Å². The Morgan fingerprint density at radius 2 is 1.79 bits per heavy atom. The molecule has 0 unspecified atom stereocenters. The Morgan fingerprint density at radius 1 is 0.893 bits per heavy atom. The smallest absolute Gasteiger partial charge is 0.235 e. The van der Waals surface area contributed by atoms with E-state index < -0.39 is 0 Å². The van der Waals surface area contributed by atoms with E-state index >= 15 is 0 Å². The molecule has 0 N–H and O–H groups in total. The molecule has 0 aliphatic heterocycles. The highest BCUT2D eigenvalue weighted by Crippen LogP contribution is 2.29. The second-order valence-electron chi connectivity index (χ2n) is 6.49. The number of hydrogen-bond acceptors (Lipinski definition) is 6. The van der Waals surface area contributed by atoms with Crippen LogP contribution in [0.1, 0.15) is 5.69 Å². The fraction of sp³-hybridized carbons (Fsp3) is 0.0500. The molecule has 0 saturated carbocycles. The topological polar surface area (TPSA) is 73.3 Å². The normalized spacial score (nSPS) is 11.8. The maximum atomic E-state index is 4.76. The largest absolute Gasteiger partial charge is 0.297 e. The van der Waals surface area contributed by atoms with Crippen molar-refractivity contribution in [1.29, 1.82) is 0 Å². The van der Waals surface area contributed by atoms with Crippen LogP contribution in [0.4, 0.5) is 0 Å². The minimum absolute atomic E-state index is 0.675. The summed E-state index contributed by atoms with van der Waals surface area (Å²) in [4.78, 5) is 10.1. The number of aromatic nitrogens is 7. The molecule has 5 aromatic heterocycles. The van der Waals surface area contributed by atoms with Gasteiger partial charge in [0.25, 0.3) is 0 Å².